The van der Waals surface area contributed by atoms with E-state index in [1.54, 1.807) is 4.90 Å². The number of nitrogens with zero attached hydrogens (tertiary/aromatic N) is 2. The Kier molecular flexibility index (Phi) is 4.16. The maximum Gasteiger partial charge on any atom is 0.322 e. The Morgan fingerprint density at radius 2 is 2.04 bits per heavy atom. The monoisotopic (exact) mass is 353 g/mol. The van der Waals surface area contributed by atoms with Gasteiger partial charge in [-0.05, 0) is 6.42 Å². The van der Waals surface area contributed by atoms with Crippen molar-refractivity contribution in [3.05, 3.63) is 41.7 Å². The van der Waals surface area contributed by atoms with Gasteiger partial charge in [0.2, 0.25) is 5.91 Å². The second kappa shape index (κ2) is 6.62. The second-order valence-electron chi connectivity index (χ2n) is 6.50. The van der Waals surface area contributed by atoms with E-state index in [4.69, 9.17) is 0 Å². The van der Waals surface area contributed by atoms with Crippen molar-refractivity contribution >= 4 is 17.8 Å². The lowest BCUT2D eigenvalue weighted by atomic mass is 10.1. The molecule has 1 aromatic heterocycles. The molecule has 0 spiro atoms. The van der Waals surface area contributed by atoms with E-state index < -0.39 is 12.1 Å². The summed E-state index contributed by atoms with van der Waals surface area (Å²) in [5.74, 6) is 0.417. The Morgan fingerprint density at radius 1 is 1.23 bits per heavy atom. The molecule has 3 heterocycles. The summed E-state index contributed by atoms with van der Waals surface area (Å²) in [5, 5.41) is 4.69. The zero-order valence-electron chi connectivity index (χ0n) is 14.1. The molecule has 134 valence electrons. The summed E-state index contributed by atoms with van der Waals surface area (Å²) < 4.78 is 0. The molecule has 0 saturated carbocycles. The van der Waals surface area contributed by atoms with Crippen LogP contribution in [0.25, 0.3) is 11.4 Å². The van der Waals surface area contributed by atoms with Crippen LogP contribution in [0.1, 0.15) is 24.2 Å². The zero-order chi connectivity index (χ0) is 18.1. The number of aromatic nitrogens is 2. The summed E-state index contributed by atoms with van der Waals surface area (Å²) in [6.07, 6.45) is 1.22. The van der Waals surface area contributed by atoms with Gasteiger partial charge in [-0.25, -0.2) is 9.78 Å². The van der Waals surface area contributed by atoms with Crippen LogP contribution in [0.4, 0.5) is 4.79 Å². The number of benzene rings is 1. The first kappa shape index (κ1) is 16.3. The van der Waals surface area contributed by atoms with E-state index in [0.29, 0.717) is 25.9 Å². The largest absolute Gasteiger partial charge is 0.340 e. The van der Waals surface area contributed by atoms with E-state index in [9.17, 15) is 14.4 Å². The van der Waals surface area contributed by atoms with E-state index in [1.807, 2.05) is 30.3 Å². The van der Waals surface area contributed by atoms with E-state index >= 15 is 0 Å². The molecular formula is C18H19N5O3. The molecule has 2 aliphatic heterocycles. The van der Waals surface area contributed by atoms with Gasteiger partial charge in [0, 0.05) is 24.9 Å². The summed E-state index contributed by atoms with van der Waals surface area (Å²) in [7, 11) is 0. The van der Waals surface area contributed by atoms with Crippen LogP contribution in [-0.4, -0.2) is 45.3 Å². The van der Waals surface area contributed by atoms with Gasteiger partial charge in [0.1, 0.15) is 11.9 Å². The smallest absolute Gasteiger partial charge is 0.322 e. The number of nitrogens with one attached hydrogen (secondary N) is 3. The lowest BCUT2D eigenvalue weighted by Gasteiger charge is -2.26. The van der Waals surface area contributed by atoms with Crippen LogP contribution < -0.4 is 10.6 Å². The molecule has 0 radical (unpaired) electrons. The molecule has 1 atom stereocenters. The number of hydrogen-bond donors (Lipinski definition) is 3. The van der Waals surface area contributed by atoms with Crippen LogP contribution in [0.3, 0.4) is 0 Å². The molecule has 8 nitrogen and oxygen atoms in total. The number of imide groups is 1. The Bertz CT molecular complexity index is 861. The Balaban J connectivity index is 1.39. The summed E-state index contributed by atoms with van der Waals surface area (Å²) >= 11 is 0. The maximum absolute atomic E-state index is 12.5. The summed E-state index contributed by atoms with van der Waals surface area (Å²) in [4.78, 5) is 44.9. The standard InChI is InChI=1S/C18H19N5O3/c24-15(7-6-13-17(25)22-18(26)21-13)23-9-8-12-14(10-23)20-16(19-12)11-4-2-1-3-5-11/h1-5,13H,6-10H2,(H,19,20)(H2,21,22,25,26). The van der Waals surface area contributed by atoms with Crippen molar-refractivity contribution < 1.29 is 14.4 Å². The fourth-order valence-corrected chi connectivity index (χ4v) is 3.33. The van der Waals surface area contributed by atoms with Gasteiger partial charge in [-0.15, -0.1) is 0 Å². The summed E-state index contributed by atoms with van der Waals surface area (Å²) in [6.45, 7) is 1.09. The predicted molar refractivity (Wildman–Crippen MR) is 92.8 cm³/mol. The van der Waals surface area contributed by atoms with Gasteiger partial charge in [-0.1, -0.05) is 30.3 Å². The SMILES string of the molecule is O=C1NC(=O)C(CCC(=O)N2CCc3nc(-c4ccccc4)[nH]c3C2)N1. The third-order valence-corrected chi connectivity index (χ3v) is 4.74. The van der Waals surface area contributed by atoms with Gasteiger partial charge >= 0.3 is 6.03 Å². The van der Waals surface area contributed by atoms with E-state index in [-0.39, 0.29) is 18.2 Å². The number of hydrogen-bond acceptors (Lipinski definition) is 4. The van der Waals surface area contributed by atoms with Gasteiger partial charge in [0.25, 0.3) is 5.91 Å². The topological polar surface area (TPSA) is 107 Å². The molecule has 8 heteroatoms. The number of carbonyl (C=O) groups excluding carboxylic acids is 3. The number of rotatable bonds is 4. The number of H-pyrrole nitrogens is 1. The zero-order valence-corrected chi connectivity index (χ0v) is 14.1. The molecule has 3 N–H and O–H groups in total. The normalized spacial score (nSPS) is 19.1. The van der Waals surface area contributed by atoms with Crippen molar-refractivity contribution in [2.75, 3.05) is 6.54 Å². The van der Waals surface area contributed by atoms with Gasteiger partial charge in [-0.2, -0.15) is 0 Å². The fourth-order valence-electron chi connectivity index (χ4n) is 3.33. The highest BCUT2D eigenvalue weighted by atomic mass is 16.2. The molecule has 1 fully saturated rings. The highest BCUT2D eigenvalue weighted by molar-refractivity contribution is 6.04. The first-order valence-electron chi connectivity index (χ1n) is 8.62. The van der Waals surface area contributed by atoms with Crippen molar-refractivity contribution in [1.82, 2.24) is 25.5 Å². The van der Waals surface area contributed by atoms with Gasteiger partial charge in [0.05, 0.1) is 17.9 Å². The Labute approximate surface area is 150 Å². The van der Waals surface area contributed by atoms with Crippen molar-refractivity contribution in [1.29, 1.82) is 0 Å². The minimum Gasteiger partial charge on any atom is -0.340 e. The minimum atomic E-state index is -0.622. The fraction of sp³-hybridized carbons (Fsp3) is 0.333. The molecule has 4 rings (SSSR count). The maximum atomic E-state index is 12.5. The number of urea groups is 1. The molecular weight excluding hydrogens is 334 g/mol. The molecule has 26 heavy (non-hydrogen) atoms. The molecule has 2 aromatic rings. The lowest BCUT2D eigenvalue weighted by molar-refractivity contribution is -0.132. The minimum absolute atomic E-state index is 0.0274. The van der Waals surface area contributed by atoms with Crippen molar-refractivity contribution in [3.63, 3.8) is 0 Å². The van der Waals surface area contributed by atoms with Crippen molar-refractivity contribution in [3.8, 4) is 11.4 Å². The van der Waals surface area contributed by atoms with Gasteiger partial charge in [-0.3, -0.25) is 14.9 Å². The van der Waals surface area contributed by atoms with E-state index in [2.05, 4.69) is 20.6 Å². The lowest BCUT2D eigenvalue weighted by Crippen LogP contribution is -2.37. The quantitative estimate of drug-likeness (QED) is 0.711. The van der Waals surface area contributed by atoms with Crippen LogP contribution in [0.15, 0.2) is 30.3 Å². The van der Waals surface area contributed by atoms with Gasteiger partial charge in [0.15, 0.2) is 0 Å². The van der Waals surface area contributed by atoms with E-state index in [0.717, 1.165) is 22.8 Å². The number of carbonyl (C=O) groups is 3. The molecule has 0 bridgehead atoms. The molecule has 4 amide bonds. The summed E-state index contributed by atoms with van der Waals surface area (Å²) in [5.41, 5.74) is 2.97. The van der Waals surface area contributed by atoms with Crippen LogP contribution in [0.5, 0.6) is 0 Å². The molecule has 1 aromatic carbocycles. The molecule has 0 aliphatic carbocycles. The first-order valence-corrected chi connectivity index (χ1v) is 8.62. The highest BCUT2D eigenvalue weighted by Crippen LogP contribution is 2.23. The third-order valence-electron chi connectivity index (χ3n) is 4.74. The number of aromatic amines is 1. The third kappa shape index (κ3) is 3.17. The Morgan fingerprint density at radius 3 is 2.77 bits per heavy atom. The van der Waals surface area contributed by atoms with E-state index in [1.165, 1.54) is 0 Å². The van der Waals surface area contributed by atoms with Crippen LogP contribution >= 0.6 is 0 Å². The molecule has 1 unspecified atom stereocenters. The van der Waals surface area contributed by atoms with Crippen molar-refractivity contribution in [2.45, 2.75) is 31.8 Å². The van der Waals surface area contributed by atoms with Crippen LogP contribution in [-0.2, 0) is 22.6 Å². The number of imidazole rings is 1. The second-order valence-corrected chi connectivity index (χ2v) is 6.50. The first-order chi connectivity index (χ1) is 12.6. The highest BCUT2D eigenvalue weighted by Gasteiger charge is 2.31. The predicted octanol–water partition coefficient (Wildman–Crippen LogP) is 0.950. The van der Waals surface area contributed by atoms with Gasteiger partial charge < -0.3 is 15.2 Å². The molecule has 1 saturated heterocycles. The van der Waals surface area contributed by atoms with Crippen molar-refractivity contribution in [2.24, 2.45) is 0 Å². The van der Waals surface area contributed by atoms with Crippen LogP contribution in [0.2, 0.25) is 0 Å². The molecule has 2 aliphatic rings. The average molecular weight is 353 g/mol. The van der Waals surface area contributed by atoms with Crippen LogP contribution in [0, 0.1) is 0 Å². The Hall–Kier alpha value is -3.16. The number of amides is 4. The average Bonchev–Trinajstić information content (AvgIpc) is 3.22. The summed E-state index contributed by atoms with van der Waals surface area (Å²) in [6, 6.07) is 8.75. The number of fused-ring (bicyclic) bond motifs is 1.